The van der Waals surface area contributed by atoms with Crippen LogP contribution >= 0.6 is 11.6 Å². The summed E-state index contributed by atoms with van der Waals surface area (Å²) in [7, 11) is -2.50. The highest BCUT2D eigenvalue weighted by Crippen LogP contribution is 2.25. The molecular formula is C19H23ClN2O4S. The fourth-order valence-corrected chi connectivity index (χ4v) is 3.70. The number of hydrogen-bond acceptors (Lipinski definition) is 4. The Morgan fingerprint density at radius 2 is 1.85 bits per heavy atom. The number of ether oxygens (including phenoxy) is 1. The Bertz CT molecular complexity index is 883. The van der Waals surface area contributed by atoms with Gasteiger partial charge in [0.15, 0.2) is 0 Å². The van der Waals surface area contributed by atoms with Crippen molar-refractivity contribution in [3.63, 3.8) is 0 Å². The van der Waals surface area contributed by atoms with Gasteiger partial charge in [-0.1, -0.05) is 37.1 Å². The molecule has 0 aliphatic heterocycles. The predicted molar refractivity (Wildman–Crippen MR) is 106 cm³/mol. The number of nitrogens with one attached hydrogen (secondary N) is 2. The van der Waals surface area contributed by atoms with E-state index in [0.717, 1.165) is 18.4 Å². The van der Waals surface area contributed by atoms with Crippen LogP contribution in [-0.4, -0.2) is 28.0 Å². The fourth-order valence-electron chi connectivity index (χ4n) is 2.37. The van der Waals surface area contributed by atoms with Crippen LogP contribution in [0.1, 0.15) is 35.7 Å². The number of amides is 1. The molecule has 0 bridgehead atoms. The van der Waals surface area contributed by atoms with E-state index >= 15 is 0 Å². The Morgan fingerprint density at radius 3 is 2.48 bits per heavy atom. The number of carbonyl (C=O) groups excluding carboxylic acids is 1. The summed E-state index contributed by atoms with van der Waals surface area (Å²) in [4.78, 5) is 12.1. The van der Waals surface area contributed by atoms with Crippen LogP contribution in [0, 0.1) is 0 Å². The third-order valence-corrected chi connectivity index (χ3v) is 5.59. The maximum absolute atomic E-state index is 12.7. The zero-order valence-electron chi connectivity index (χ0n) is 15.3. The first-order valence-electron chi connectivity index (χ1n) is 8.57. The van der Waals surface area contributed by atoms with Crippen LogP contribution in [0.15, 0.2) is 47.4 Å². The summed E-state index contributed by atoms with van der Waals surface area (Å²) in [5, 5.41) is 3.35. The van der Waals surface area contributed by atoms with Crippen molar-refractivity contribution in [2.75, 3.05) is 13.7 Å². The average Bonchev–Trinajstić information content (AvgIpc) is 2.67. The number of sulfonamides is 1. The van der Waals surface area contributed by atoms with Crippen molar-refractivity contribution in [1.29, 1.82) is 0 Å². The average molecular weight is 411 g/mol. The van der Waals surface area contributed by atoms with Crippen LogP contribution in [0.5, 0.6) is 5.75 Å². The molecule has 2 N–H and O–H groups in total. The minimum Gasteiger partial charge on any atom is -0.495 e. The maximum atomic E-state index is 12.7. The lowest BCUT2D eigenvalue weighted by Crippen LogP contribution is -2.26. The Hall–Kier alpha value is -2.09. The smallest absolute Gasteiger partial charge is 0.251 e. The molecule has 6 nitrogen and oxygen atoms in total. The molecule has 0 unspecified atom stereocenters. The first-order chi connectivity index (χ1) is 12.9. The van der Waals surface area contributed by atoms with Crippen LogP contribution < -0.4 is 14.8 Å². The number of benzene rings is 2. The Kier molecular flexibility index (Phi) is 7.65. The number of unbranched alkanes of at least 4 members (excludes halogenated alkanes) is 1. The van der Waals surface area contributed by atoms with Gasteiger partial charge < -0.3 is 10.1 Å². The molecular weight excluding hydrogens is 388 g/mol. The number of rotatable bonds is 9. The SMILES string of the molecule is CCCCNC(=O)c1ccc(OC)c(S(=O)(=O)NCc2ccc(Cl)cc2)c1. The summed E-state index contributed by atoms with van der Waals surface area (Å²) >= 11 is 5.84. The van der Waals surface area contributed by atoms with Gasteiger partial charge in [-0.25, -0.2) is 13.1 Å². The lowest BCUT2D eigenvalue weighted by Gasteiger charge is -2.13. The molecule has 0 atom stereocenters. The number of hydrogen-bond donors (Lipinski definition) is 2. The van der Waals surface area contributed by atoms with E-state index in [4.69, 9.17) is 16.3 Å². The van der Waals surface area contributed by atoms with Crippen molar-refractivity contribution in [1.82, 2.24) is 10.0 Å². The van der Waals surface area contributed by atoms with Crippen molar-refractivity contribution >= 4 is 27.5 Å². The van der Waals surface area contributed by atoms with Crippen molar-refractivity contribution in [2.45, 2.75) is 31.2 Å². The second-order valence-electron chi connectivity index (χ2n) is 5.93. The third-order valence-electron chi connectivity index (χ3n) is 3.91. The zero-order valence-corrected chi connectivity index (χ0v) is 16.9. The molecule has 8 heteroatoms. The molecule has 2 aromatic rings. The topological polar surface area (TPSA) is 84.5 Å². The summed E-state index contributed by atoms with van der Waals surface area (Å²) in [5.74, 6) is -0.149. The van der Waals surface area contributed by atoms with Crippen LogP contribution in [-0.2, 0) is 16.6 Å². The summed E-state index contributed by atoms with van der Waals surface area (Å²) in [6.45, 7) is 2.66. The van der Waals surface area contributed by atoms with Crippen LogP contribution in [0.2, 0.25) is 5.02 Å². The highest BCUT2D eigenvalue weighted by molar-refractivity contribution is 7.89. The highest BCUT2D eigenvalue weighted by atomic mass is 35.5. The lowest BCUT2D eigenvalue weighted by molar-refractivity contribution is 0.0953. The van der Waals surface area contributed by atoms with Gasteiger partial charge >= 0.3 is 0 Å². The standard InChI is InChI=1S/C19H23ClN2O4S/c1-3-4-11-21-19(23)15-7-10-17(26-2)18(12-15)27(24,25)22-13-14-5-8-16(20)9-6-14/h5-10,12,22H,3-4,11,13H2,1-2H3,(H,21,23). The van der Waals surface area contributed by atoms with Gasteiger partial charge in [-0.2, -0.15) is 0 Å². The Morgan fingerprint density at radius 1 is 1.15 bits per heavy atom. The molecule has 0 fully saturated rings. The molecule has 0 heterocycles. The molecule has 0 aliphatic rings. The summed E-state index contributed by atoms with van der Waals surface area (Å²) in [6, 6.07) is 11.2. The molecule has 1 amide bonds. The highest BCUT2D eigenvalue weighted by Gasteiger charge is 2.21. The van der Waals surface area contributed by atoms with Gasteiger partial charge in [0, 0.05) is 23.7 Å². The Balaban J connectivity index is 2.21. The molecule has 0 radical (unpaired) electrons. The van der Waals surface area contributed by atoms with E-state index in [0.29, 0.717) is 11.6 Å². The predicted octanol–water partition coefficient (Wildman–Crippen LogP) is 3.36. The van der Waals surface area contributed by atoms with Crippen molar-refractivity contribution in [2.24, 2.45) is 0 Å². The number of methoxy groups -OCH3 is 1. The van der Waals surface area contributed by atoms with Crippen LogP contribution in [0.3, 0.4) is 0 Å². The molecule has 0 saturated heterocycles. The minimum absolute atomic E-state index is 0.0814. The zero-order chi connectivity index (χ0) is 19.9. The van der Waals surface area contributed by atoms with Gasteiger partial charge in [0.05, 0.1) is 7.11 Å². The van der Waals surface area contributed by atoms with Gasteiger partial charge in [0.25, 0.3) is 5.91 Å². The maximum Gasteiger partial charge on any atom is 0.251 e. The van der Waals surface area contributed by atoms with Gasteiger partial charge in [-0.3, -0.25) is 4.79 Å². The summed E-state index contributed by atoms with van der Waals surface area (Å²) in [5.41, 5.74) is 1.02. The number of halogens is 1. The first kappa shape index (κ1) is 21.2. The van der Waals surface area contributed by atoms with Crippen molar-refractivity contribution < 1.29 is 17.9 Å². The Labute approximate surface area is 164 Å². The molecule has 0 saturated carbocycles. The van der Waals surface area contributed by atoms with E-state index in [1.165, 1.54) is 19.2 Å². The van der Waals surface area contributed by atoms with Crippen LogP contribution in [0.4, 0.5) is 0 Å². The second-order valence-corrected chi connectivity index (χ2v) is 8.10. The second kappa shape index (κ2) is 9.73. The molecule has 146 valence electrons. The van der Waals surface area contributed by atoms with Crippen LogP contribution in [0.25, 0.3) is 0 Å². The summed E-state index contributed by atoms with van der Waals surface area (Å²) in [6.07, 6.45) is 1.81. The van der Waals surface area contributed by atoms with E-state index in [1.807, 2.05) is 6.92 Å². The quantitative estimate of drug-likeness (QED) is 0.621. The van der Waals surface area contributed by atoms with E-state index < -0.39 is 10.0 Å². The third kappa shape index (κ3) is 5.95. The summed E-state index contributed by atoms with van der Waals surface area (Å²) < 4.78 is 33.2. The first-order valence-corrected chi connectivity index (χ1v) is 10.4. The molecule has 0 aliphatic carbocycles. The van der Waals surface area contributed by atoms with Gasteiger partial charge in [-0.05, 0) is 42.3 Å². The van der Waals surface area contributed by atoms with Crippen molar-refractivity contribution in [3.05, 3.63) is 58.6 Å². The van der Waals surface area contributed by atoms with E-state index in [2.05, 4.69) is 10.0 Å². The molecule has 0 spiro atoms. The van der Waals surface area contributed by atoms with E-state index in [-0.39, 0.29) is 28.7 Å². The lowest BCUT2D eigenvalue weighted by atomic mass is 10.2. The van der Waals surface area contributed by atoms with E-state index in [9.17, 15) is 13.2 Å². The van der Waals surface area contributed by atoms with Gasteiger partial charge in [0.1, 0.15) is 10.6 Å². The molecule has 27 heavy (non-hydrogen) atoms. The monoisotopic (exact) mass is 410 g/mol. The van der Waals surface area contributed by atoms with E-state index in [1.54, 1.807) is 30.3 Å². The number of carbonyl (C=O) groups is 1. The van der Waals surface area contributed by atoms with Gasteiger partial charge in [0.2, 0.25) is 10.0 Å². The fraction of sp³-hybridized carbons (Fsp3) is 0.316. The largest absolute Gasteiger partial charge is 0.495 e. The van der Waals surface area contributed by atoms with Crippen molar-refractivity contribution in [3.8, 4) is 5.75 Å². The molecule has 2 rings (SSSR count). The van der Waals surface area contributed by atoms with Gasteiger partial charge in [-0.15, -0.1) is 0 Å². The molecule has 2 aromatic carbocycles. The normalized spacial score (nSPS) is 11.2. The minimum atomic E-state index is -3.88. The molecule has 0 aromatic heterocycles.